The fourth-order valence-electron chi connectivity index (χ4n) is 1.07. The van der Waals surface area contributed by atoms with Gasteiger partial charge in [-0.1, -0.05) is 12.1 Å². The quantitative estimate of drug-likeness (QED) is 0.648. The van der Waals surface area contributed by atoms with E-state index < -0.39 is 0 Å². The molecule has 0 heterocycles. The molecule has 0 aliphatic carbocycles. The second-order valence-corrected chi connectivity index (χ2v) is 4.71. The molecule has 4 heteroatoms. The van der Waals surface area contributed by atoms with Crippen LogP contribution in [-0.4, -0.2) is 23.4 Å². The van der Waals surface area contributed by atoms with Crippen LogP contribution in [0.2, 0.25) is 0 Å². The van der Waals surface area contributed by atoms with Gasteiger partial charge in [0.15, 0.2) is 5.78 Å². The molecule has 0 radical (unpaired) electrons. The topological polar surface area (TPSA) is 37.3 Å². The minimum absolute atomic E-state index is 0.0281. The first-order valence-corrected chi connectivity index (χ1v) is 6.76. The molecule has 0 unspecified atom stereocenters. The highest BCUT2D eigenvalue weighted by Gasteiger charge is 2.08. The molecule has 1 aromatic carbocycles. The summed E-state index contributed by atoms with van der Waals surface area (Å²) in [6.07, 6.45) is 5.38. The van der Waals surface area contributed by atoms with E-state index >= 15 is 0 Å². The maximum Gasteiger partial charge on any atom is 0.191 e. The van der Waals surface area contributed by atoms with E-state index in [2.05, 4.69) is 0 Å². The van der Waals surface area contributed by atoms with Crippen molar-refractivity contribution in [1.82, 2.24) is 0 Å². The van der Waals surface area contributed by atoms with Crippen LogP contribution in [0.3, 0.4) is 0 Å². The molecule has 15 heavy (non-hydrogen) atoms. The average molecular weight is 240 g/mol. The molecule has 0 aliphatic rings. The molecule has 0 aromatic heterocycles. The first kappa shape index (κ1) is 12.2. The van der Waals surface area contributed by atoms with Gasteiger partial charge in [-0.15, -0.1) is 23.5 Å². The average Bonchev–Trinajstić information content (AvgIpc) is 2.26. The van der Waals surface area contributed by atoms with Crippen LogP contribution in [0.15, 0.2) is 34.6 Å². The highest BCUT2D eigenvalue weighted by Crippen LogP contribution is 2.25. The molecule has 80 valence electrons. The van der Waals surface area contributed by atoms with Gasteiger partial charge in [0.05, 0.1) is 5.56 Å². The lowest BCUT2D eigenvalue weighted by molar-refractivity contribution is 0.104. The monoisotopic (exact) mass is 240 g/mol. The fraction of sp³-hybridized carbons (Fsp3) is 0.182. The van der Waals surface area contributed by atoms with Crippen LogP contribution in [0.25, 0.3) is 0 Å². The van der Waals surface area contributed by atoms with Crippen LogP contribution in [0, 0.1) is 0 Å². The number of carbonyl (C=O) groups excluding carboxylic acids is 1. The summed E-state index contributed by atoms with van der Waals surface area (Å²) in [6, 6.07) is 6.56. The number of benzene rings is 1. The zero-order chi connectivity index (χ0) is 11.3. The van der Waals surface area contributed by atoms with E-state index in [-0.39, 0.29) is 11.5 Å². The molecule has 0 amide bonds. The van der Waals surface area contributed by atoms with Crippen molar-refractivity contribution in [3.8, 4) is 5.75 Å². The van der Waals surface area contributed by atoms with E-state index in [9.17, 15) is 9.90 Å². The van der Waals surface area contributed by atoms with Crippen LogP contribution in [0.1, 0.15) is 10.4 Å². The summed E-state index contributed by atoms with van der Waals surface area (Å²) in [5.74, 6) is -0.132. The van der Waals surface area contributed by atoms with E-state index in [0.29, 0.717) is 5.56 Å². The lowest BCUT2D eigenvalue weighted by Crippen LogP contribution is -1.95. The molecule has 0 saturated carbocycles. The standard InChI is InChI=1S/C11H12O2S2/c1-14-11(15-2)7-10(13)8-5-3-4-6-9(8)12/h3-7,12H,1-2H3. The molecular formula is C11H12O2S2. The molecular weight excluding hydrogens is 228 g/mol. The molecule has 0 atom stereocenters. The van der Waals surface area contributed by atoms with Crippen molar-refractivity contribution in [1.29, 1.82) is 0 Å². The number of ketones is 1. The molecule has 0 saturated heterocycles. The van der Waals surface area contributed by atoms with Gasteiger partial charge in [0.1, 0.15) is 5.75 Å². The molecule has 0 fully saturated rings. The maximum atomic E-state index is 11.7. The van der Waals surface area contributed by atoms with Crippen LogP contribution in [0.5, 0.6) is 5.75 Å². The van der Waals surface area contributed by atoms with Gasteiger partial charge in [-0.3, -0.25) is 4.79 Å². The van der Waals surface area contributed by atoms with E-state index in [1.54, 1.807) is 24.3 Å². The SMILES string of the molecule is CSC(=CC(=O)c1ccccc1O)SC. The second kappa shape index (κ2) is 5.88. The van der Waals surface area contributed by atoms with Crippen molar-refractivity contribution in [2.24, 2.45) is 0 Å². The lowest BCUT2D eigenvalue weighted by atomic mass is 10.1. The number of hydrogen-bond donors (Lipinski definition) is 1. The zero-order valence-electron chi connectivity index (χ0n) is 8.56. The van der Waals surface area contributed by atoms with Gasteiger partial charge < -0.3 is 5.11 Å². The summed E-state index contributed by atoms with van der Waals surface area (Å²) in [4.78, 5) is 11.7. The van der Waals surface area contributed by atoms with Crippen molar-refractivity contribution in [2.45, 2.75) is 0 Å². The van der Waals surface area contributed by atoms with Gasteiger partial charge in [-0.05, 0) is 24.6 Å². The van der Waals surface area contributed by atoms with Gasteiger partial charge in [-0.2, -0.15) is 0 Å². The van der Waals surface area contributed by atoms with Gasteiger partial charge in [0.25, 0.3) is 0 Å². The molecule has 2 nitrogen and oxygen atoms in total. The maximum absolute atomic E-state index is 11.7. The normalized spacial score (nSPS) is 9.73. The van der Waals surface area contributed by atoms with Crippen molar-refractivity contribution in [2.75, 3.05) is 12.5 Å². The van der Waals surface area contributed by atoms with Crippen LogP contribution in [0.4, 0.5) is 0 Å². The lowest BCUT2D eigenvalue weighted by Gasteiger charge is -2.01. The van der Waals surface area contributed by atoms with Crippen LogP contribution in [-0.2, 0) is 0 Å². The van der Waals surface area contributed by atoms with Crippen LogP contribution >= 0.6 is 23.5 Å². The minimum Gasteiger partial charge on any atom is -0.507 e. The Labute approximate surface area is 97.8 Å². The largest absolute Gasteiger partial charge is 0.507 e. The Bertz CT molecular complexity index is 380. The van der Waals surface area contributed by atoms with Gasteiger partial charge in [0, 0.05) is 10.3 Å². The van der Waals surface area contributed by atoms with E-state index in [4.69, 9.17) is 0 Å². The number of allylic oxidation sites excluding steroid dienone is 1. The Morgan fingerprint density at radius 2 is 1.87 bits per heavy atom. The predicted molar refractivity (Wildman–Crippen MR) is 67.6 cm³/mol. The van der Waals surface area contributed by atoms with Crippen molar-refractivity contribution in [3.63, 3.8) is 0 Å². The molecule has 1 rings (SSSR count). The van der Waals surface area contributed by atoms with E-state index in [0.717, 1.165) is 4.24 Å². The summed E-state index contributed by atoms with van der Waals surface area (Å²) in [5.41, 5.74) is 0.345. The number of carbonyl (C=O) groups is 1. The molecule has 1 aromatic rings. The highest BCUT2D eigenvalue weighted by molar-refractivity contribution is 8.21. The second-order valence-electron chi connectivity index (χ2n) is 2.75. The summed E-state index contributed by atoms with van der Waals surface area (Å²) >= 11 is 3.04. The first-order chi connectivity index (χ1) is 7.19. The van der Waals surface area contributed by atoms with Crippen molar-refractivity contribution in [3.05, 3.63) is 40.1 Å². The summed E-state index contributed by atoms with van der Waals surface area (Å²) in [5, 5.41) is 9.48. The first-order valence-electron chi connectivity index (χ1n) is 4.31. The summed E-state index contributed by atoms with van der Waals surface area (Å²) in [7, 11) is 0. The van der Waals surface area contributed by atoms with E-state index in [1.165, 1.54) is 29.6 Å². The highest BCUT2D eigenvalue weighted by atomic mass is 32.2. The summed E-state index contributed by atoms with van der Waals surface area (Å²) < 4.78 is 0.934. The Hall–Kier alpha value is -0.870. The molecule has 0 bridgehead atoms. The van der Waals surface area contributed by atoms with Crippen molar-refractivity contribution < 1.29 is 9.90 Å². The number of aromatic hydroxyl groups is 1. The number of phenols is 1. The summed E-state index contributed by atoms with van der Waals surface area (Å²) in [6.45, 7) is 0. The number of phenolic OH excluding ortho intramolecular Hbond substituents is 1. The third-order valence-corrected chi connectivity index (χ3v) is 3.86. The zero-order valence-corrected chi connectivity index (χ0v) is 10.2. The van der Waals surface area contributed by atoms with Crippen LogP contribution < -0.4 is 0 Å². The molecule has 0 aliphatic heterocycles. The Morgan fingerprint density at radius 1 is 1.27 bits per heavy atom. The smallest absolute Gasteiger partial charge is 0.191 e. The predicted octanol–water partition coefficient (Wildman–Crippen LogP) is 3.14. The Balaban J connectivity index is 2.95. The molecule has 0 spiro atoms. The third-order valence-electron chi connectivity index (χ3n) is 1.82. The number of para-hydroxylation sites is 1. The fourth-order valence-corrected chi connectivity index (χ4v) is 2.18. The Kier molecular flexibility index (Phi) is 4.78. The van der Waals surface area contributed by atoms with Gasteiger partial charge in [-0.25, -0.2) is 0 Å². The van der Waals surface area contributed by atoms with Gasteiger partial charge in [0.2, 0.25) is 0 Å². The van der Waals surface area contributed by atoms with Gasteiger partial charge >= 0.3 is 0 Å². The number of rotatable bonds is 4. The van der Waals surface area contributed by atoms with Crippen molar-refractivity contribution >= 4 is 29.3 Å². The number of hydrogen-bond acceptors (Lipinski definition) is 4. The Morgan fingerprint density at radius 3 is 2.40 bits per heavy atom. The third kappa shape index (κ3) is 3.32. The van der Waals surface area contributed by atoms with E-state index in [1.807, 2.05) is 12.5 Å². The molecule has 1 N–H and O–H groups in total. The number of thioether (sulfide) groups is 2. The minimum atomic E-state index is -0.160.